The van der Waals surface area contributed by atoms with Crippen molar-refractivity contribution >= 4 is 11.8 Å². The number of hydrogen-bond donors (Lipinski definition) is 1. The highest BCUT2D eigenvalue weighted by atomic mass is 16.2. The van der Waals surface area contributed by atoms with Gasteiger partial charge in [0, 0.05) is 45.2 Å². The van der Waals surface area contributed by atoms with Crippen molar-refractivity contribution in [2.24, 2.45) is 5.92 Å². The van der Waals surface area contributed by atoms with Crippen LogP contribution < -0.4 is 5.32 Å². The first-order valence-electron chi connectivity index (χ1n) is 10.9. The number of fused-ring (bicyclic) bond motifs is 1. The van der Waals surface area contributed by atoms with E-state index in [1.807, 2.05) is 0 Å². The number of aryl methyl sites for hydroxylation is 1. The Morgan fingerprint density at radius 2 is 1.87 bits per heavy atom. The van der Waals surface area contributed by atoms with Crippen molar-refractivity contribution in [3.8, 4) is 0 Å². The van der Waals surface area contributed by atoms with Gasteiger partial charge in [-0.3, -0.25) is 14.5 Å². The number of likely N-dealkylation sites (tertiary alicyclic amines) is 1. The first-order valence-corrected chi connectivity index (χ1v) is 10.9. The van der Waals surface area contributed by atoms with Crippen molar-refractivity contribution in [1.82, 2.24) is 15.1 Å². The SMILES string of the molecule is Cc1ccc(CN2CC(C(=O)NCC(C)N3CCc4ccccc4C3)CC2=O)cc1. The minimum atomic E-state index is -0.253. The fourth-order valence-electron chi connectivity index (χ4n) is 4.43. The number of nitrogens with one attached hydrogen (secondary N) is 1. The quantitative estimate of drug-likeness (QED) is 0.804. The van der Waals surface area contributed by atoms with Crippen molar-refractivity contribution in [1.29, 1.82) is 0 Å². The Balaban J connectivity index is 1.26. The smallest absolute Gasteiger partial charge is 0.225 e. The lowest BCUT2D eigenvalue weighted by atomic mass is 9.99. The lowest BCUT2D eigenvalue weighted by molar-refractivity contribution is -0.129. The van der Waals surface area contributed by atoms with E-state index >= 15 is 0 Å². The number of amides is 2. The number of carbonyl (C=O) groups is 2. The second-order valence-electron chi connectivity index (χ2n) is 8.74. The molecule has 4 rings (SSSR count). The molecule has 2 aliphatic rings. The molecule has 1 fully saturated rings. The van der Waals surface area contributed by atoms with Crippen LogP contribution in [0, 0.1) is 12.8 Å². The minimum absolute atomic E-state index is 0.000911. The van der Waals surface area contributed by atoms with Gasteiger partial charge in [-0.2, -0.15) is 0 Å². The Bertz CT molecular complexity index is 909. The molecule has 0 aliphatic carbocycles. The zero-order valence-corrected chi connectivity index (χ0v) is 17.9. The maximum atomic E-state index is 12.7. The number of rotatable bonds is 6. The molecule has 5 nitrogen and oxygen atoms in total. The van der Waals surface area contributed by atoms with Crippen LogP contribution in [0.15, 0.2) is 48.5 Å². The van der Waals surface area contributed by atoms with Crippen LogP contribution in [0.4, 0.5) is 0 Å². The van der Waals surface area contributed by atoms with Crippen LogP contribution in [-0.2, 0) is 29.1 Å². The van der Waals surface area contributed by atoms with Crippen molar-refractivity contribution < 1.29 is 9.59 Å². The van der Waals surface area contributed by atoms with Gasteiger partial charge in [0.25, 0.3) is 0 Å². The zero-order chi connectivity index (χ0) is 21.1. The van der Waals surface area contributed by atoms with Crippen LogP contribution >= 0.6 is 0 Å². The van der Waals surface area contributed by atoms with E-state index < -0.39 is 0 Å². The van der Waals surface area contributed by atoms with Gasteiger partial charge in [0.1, 0.15) is 0 Å². The molecule has 2 aromatic carbocycles. The molecule has 2 aromatic rings. The van der Waals surface area contributed by atoms with Crippen LogP contribution in [0.1, 0.15) is 35.6 Å². The fraction of sp³-hybridized carbons (Fsp3) is 0.440. The molecule has 2 atom stereocenters. The molecule has 0 aromatic heterocycles. The van der Waals surface area contributed by atoms with Crippen molar-refractivity contribution in [2.75, 3.05) is 19.6 Å². The van der Waals surface area contributed by atoms with Crippen LogP contribution in [0.2, 0.25) is 0 Å². The first-order chi connectivity index (χ1) is 14.5. The van der Waals surface area contributed by atoms with Crippen molar-refractivity contribution in [3.63, 3.8) is 0 Å². The molecule has 30 heavy (non-hydrogen) atoms. The van der Waals surface area contributed by atoms with E-state index in [1.165, 1.54) is 16.7 Å². The van der Waals surface area contributed by atoms with E-state index in [0.29, 0.717) is 26.1 Å². The van der Waals surface area contributed by atoms with E-state index in [9.17, 15) is 9.59 Å². The van der Waals surface area contributed by atoms with E-state index in [1.54, 1.807) is 4.90 Å². The largest absolute Gasteiger partial charge is 0.354 e. The summed E-state index contributed by atoms with van der Waals surface area (Å²) in [4.78, 5) is 29.3. The molecule has 0 bridgehead atoms. The number of nitrogens with zero attached hydrogens (tertiary/aromatic N) is 2. The topological polar surface area (TPSA) is 52.7 Å². The average molecular weight is 406 g/mol. The Morgan fingerprint density at radius 1 is 1.13 bits per heavy atom. The molecule has 2 amide bonds. The normalized spacial score (nSPS) is 20.1. The van der Waals surface area contributed by atoms with Gasteiger partial charge >= 0.3 is 0 Å². The van der Waals surface area contributed by atoms with Crippen LogP contribution in [0.25, 0.3) is 0 Å². The van der Waals surface area contributed by atoms with Crippen LogP contribution in [0.3, 0.4) is 0 Å². The summed E-state index contributed by atoms with van der Waals surface area (Å²) < 4.78 is 0. The Labute approximate surface area is 179 Å². The lowest BCUT2D eigenvalue weighted by Crippen LogP contribution is -2.45. The Morgan fingerprint density at radius 3 is 2.63 bits per heavy atom. The maximum Gasteiger partial charge on any atom is 0.225 e. The highest BCUT2D eigenvalue weighted by molar-refractivity contribution is 5.89. The predicted octanol–water partition coefficient (Wildman–Crippen LogP) is 2.91. The van der Waals surface area contributed by atoms with Gasteiger partial charge in [0.05, 0.1) is 5.92 Å². The Hall–Kier alpha value is -2.66. The molecule has 158 valence electrons. The Kier molecular flexibility index (Phi) is 6.18. The molecule has 0 radical (unpaired) electrons. The number of benzene rings is 2. The van der Waals surface area contributed by atoms with Crippen molar-refractivity contribution in [2.45, 2.75) is 45.8 Å². The second-order valence-corrected chi connectivity index (χ2v) is 8.74. The lowest BCUT2D eigenvalue weighted by Gasteiger charge is -2.34. The third-order valence-corrected chi connectivity index (χ3v) is 6.43. The van der Waals surface area contributed by atoms with Gasteiger partial charge in [-0.25, -0.2) is 0 Å². The molecule has 5 heteroatoms. The summed E-state index contributed by atoms with van der Waals surface area (Å²) in [6.45, 7) is 7.85. The first kappa shape index (κ1) is 20.6. The predicted molar refractivity (Wildman–Crippen MR) is 118 cm³/mol. The van der Waals surface area contributed by atoms with E-state index in [4.69, 9.17) is 0 Å². The van der Waals surface area contributed by atoms with Gasteiger partial charge in [-0.05, 0) is 37.0 Å². The van der Waals surface area contributed by atoms with Gasteiger partial charge in [0.15, 0.2) is 0 Å². The van der Waals surface area contributed by atoms with E-state index in [-0.39, 0.29) is 23.8 Å². The number of hydrogen-bond acceptors (Lipinski definition) is 3. The van der Waals surface area contributed by atoms with E-state index in [2.05, 4.69) is 72.6 Å². The fourth-order valence-corrected chi connectivity index (χ4v) is 4.43. The summed E-state index contributed by atoms with van der Waals surface area (Å²) in [5, 5.41) is 3.10. The van der Waals surface area contributed by atoms with Gasteiger partial charge in [0.2, 0.25) is 11.8 Å². The third kappa shape index (κ3) is 4.73. The third-order valence-electron chi connectivity index (χ3n) is 6.43. The monoisotopic (exact) mass is 405 g/mol. The molecule has 1 saturated heterocycles. The highest BCUT2D eigenvalue weighted by Crippen LogP contribution is 2.22. The van der Waals surface area contributed by atoms with Crippen molar-refractivity contribution in [3.05, 3.63) is 70.8 Å². The van der Waals surface area contributed by atoms with Gasteiger partial charge < -0.3 is 10.2 Å². The van der Waals surface area contributed by atoms with Crippen LogP contribution in [0.5, 0.6) is 0 Å². The molecule has 0 saturated carbocycles. The molecular formula is C25H31N3O2. The molecule has 2 unspecified atom stereocenters. The van der Waals surface area contributed by atoms with Crippen LogP contribution in [-0.4, -0.2) is 47.3 Å². The summed E-state index contributed by atoms with van der Waals surface area (Å²) in [5.41, 5.74) is 5.13. The average Bonchev–Trinajstić information content (AvgIpc) is 3.13. The minimum Gasteiger partial charge on any atom is -0.354 e. The number of carbonyl (C=O) groups excluding carboxylic acids is 2. The maximum absolute atomic E-state index is 12.7. The zero-order valence-electron chi connectivity index (χ0n) is 17.9. The molecular weight excluding hydrogens is 374 g/mol. The highest BCUT2D eigenvalue weighted by Gasteiger charge is 2.34. The summed E-state index contributed by atoms with van der Waals surface area (Å²) in [7, 11) is 0. The molecule has 0 spiro atoms. The summed E-state index contributed by atoms with van der Waals surface area (Å²) in [6, 6.07) is 17.1. The summed E-state index contributed by atoms with van der Waals surface area (Å²) in [6.07, 6.45) is 1.36. The van der Waals surface area contributed by atoms with Gasteiger partial charge in [-0.15, -0.1) is 0 Å². The summed E-state index contributed by atoms with van der Waals surface area (Å²) >= 11 is 0. The molecule has 1 N–H and O–H groups in total. The van der Waals surface area contributed by atoms with Gasteiger partial charge in [-0.1, -0.05) is 54.1 Å². The molecule has 2 aliphatic heterocycles. The second kappa shape index (κ2) is 9.00. The molecule has 2 heterocycles. The standard InChI is InChI=1S/C25H31N3O2/c1-18-7-9-20(10-8-18)15-28-17-23(13-24(28)29)25(30)26-14-19(2)27-12-11-21-5-3-4-6-22(21)16-27/h3-10,19,23H,11-17H2,1-2H3,(H,26,30). The van der Waals surface area contributed by atoms with E-state index in [0.717, 1.165) is 25.1 Å². The summed E-state index contributed by atoms with van der Waals surface area (Å²) in [5.74, 6) is -0.187.